The molecule has 5 nitrogen and oxygen atoms in total. The van der Waals surface area contributed by atoms with Crippen molar-refractivity contribution in [2.75, 3.05) is 4.72 Å². The van der Waals surface area contributed by atoms with Gasteiger partial charge in [-0.05, 0) is 30.3 Å². The Labute approximate surface area is 143 Å². The summed E-state index contributed by atoms with van der Waals surface area (Å²) in [7, 11) is -4.29. The van der Waals surface area contributed by atoms with Crippen LogP contribution in [-0.4, -0.2) is 17.2 Å². The molecule has 0 saturated carbocycles. The van der Waals surface area contributed by atoms with Crippen molar-refractivity contribution < 1.29 is 21.6 Å². The summed E-state index contributed by atoms with van der Waals surface area (Å²) in [5, 5.41) is -0.156. The SMILES string of the molecule is O=S(=O)(Nc1ccc(Cl)cc1C(F)(F)F)c1cccc2nsnc12. The molecule has 0 fully saturated rings. The monoisotopic (exact) mass is 393 g/mol. The molecule has 0 saturated heterocycles. The number of rotatable bonds is 3. The Morgan fingerprint density at radius 1 is 1.12 bits per heavy atom. The minimum Gasteiger partial charge on any atom is -0.279 e. The number of sulfonamides is 1. The average molecular weight is 394 g/mol. The zero-order valence-electron chi connectivity index (χ0n) is 11.5. The highest BCUT2D eigenvalue weighted by atomic mass is 35.5. The summed E-state index contributed by atoms with van der Waals surface area (Å²) >= 11 is 6.39. The van der Waals surface area contributed by atoms with E-state index in [1.807, 2.05) is 4.72 Å². The first kappa shape index (κ1) is 16.9. The molecule has 24 heavy (non-hydrogen) atoms. The lowest BCUT2D eigenvalue weighted by Crippen LogP contribution is -2.17. The van der Waals surface area contributed by atoms with Crippen LogP contribution < -0.4 is 4.72 Å². The first-order chi connectivity index (χ1) is 11.2. The van der Waals surface area contributed by atoms with Crippen LogP contribution in [0.15, 0.2) is 41.3 Å². The smallest absolute Gasteiger partial charge is 0.279 e. The van der Waals surface area contributed by atoms with Crippen LogP contribution in [0, 0.1) is 0 Å². The molecule has 3 aromatic rings. The molecule has 0 bridgehead atoms. The van der Waals surface area contributed by atoms with Gasteiger partial charge >= 0.3 is 6.18 Å². The van der Waals surface area contributed by atoms with Gasteiger partial charge in [0.05, 0.1) is 23.0 Å². The fraction of sp³-hybridized carbons (Fsp3) is 0.0769. The van der Waals surface area contributed by atoms with Crippen molar-refractivity contribution >= 4 is 50.1 Å². The second-order valence-electron chi connectivity index (χ2n) is 4.68. The van der Waals surface area contributed by atoms with E-state index in [9.17, 15) is 21.6 Å². The van der Waals surface area contributed by atoms with Crippen LogP contribution in [-0.2, 0) is 16.2 Å². The van der Waals surface area contributed by atoms with E-state index in [1.165, 1.54) is 18.2 Å². The predicted octanol–water partition coefficient (Wildman–Crippen LogP) is 4.16. The maximum Gasteiger partial charge on any atom is 0.418 e. The number of hydrogen-bond acceptors (Lipinski definition) is 5. The van der Waals surface area contributed by atoms with E-state index < -0.39 is 27.5 Å². The van der Waals surface area contributed by atoms with Crippen LogP contribution >= 0.6 is 23.3 Å². The van der Waals surface area contributed by atoms with E-state index >= 15 is 0 Å². The van der Waals surface area contributed by atoms with Crippen LogP contribution in [0.25, 0.3) is 11.0 Å². The van der Waals surface area contributed by atoms with Crippen molar-refractivity contribution in [3.63, 3.8) is 0 Å². The highest BCUT2D eigenvalue weighted by Crippen LogP contribution is 2.37. The van der Waals surface area contributed by atoms with Gasteiger partial charge in [0, 0.05) is 5.02 Å². The topological polar surface area (TPSA) is 72.0 Å². The van der Waals surface area contributed by atoms with Crippen molar-refractivity contribution in [1.82, 2.24) is 8.75 Å². The first-order valence-electron chi connectivity index (χ1n) is 6.29. The quantitative estimate of drug-likeness (QED) is 0.725. The summed E-state index contributed by atoms with van der Waals surface area (Å²) in [4.78, 5) is -0.253. The molecule has 0 aliphatic rings. The third kappa shape index (κ3) is 3.17. The van der Waals surface area contributed by atoms with E-state index in [0.29, 0.717) is 11.6 Å². The number of anilines is 1. The highest BCUT2D eigenvalue weighted by Gasteiger charge is 2.35. The zero-order valence-corrected chi connectivity index (χ0v) is 13.9. The molecule has 0 atom stereocenters. The molecule has 0 aliphatic heterocycles. The number of alkyl halides is 3. The van der Waals surface area contributed by atoms with E-state index in [1.54, 1.807) is 6.07 Å². The predicted molar refractivity (Wildman–Crippen MR) is 84.7 cm³/mol. The van der Waals surface area contributed by atoms with Gasteiger partial charge in [-0.25, -0.2) is 8.42 Å². The normalized spacial score (nSPS) is 12.5. The number of fused-ring (bicyclic) bond motifs is 1. The van der Waals surface area contributed by atoms with Crippen molar-refractivity contribution in [2.45, 2.75) is 11.1 Å². The van der Waals surface area contributed by atoms with Crippen LogP contribution in [0.4, 0.5) is 18.9 Å². The van der Waals surface area contributed by atoms with Crippen molar-refractivity contribution in [1.29, 1.82) is 0 Å². The Morgan fingerprint density at radius 2 is 1.88 bits per heavy atom. The molecule has 0 radical (unpaired) electrons. The lowest BCUT2D eigenvalue weighted by atomic mass is 10.2. The summed E-state index contributed by atoms with van der Waals surface area (Å²) in [6, 6.07) is 7.02. The van der Waals surface area contributed by atoms with Gasteiger partial charge in [-0.3, -0.25) is 4.72 Å². The molecule has 0 unspecified atom stereocenters. The Hall–Kier alpha value is -1.91. The first-order valence-corrected chi connectivity index (χ1v) is 8.88. The maximum absolute atomic E-state index is 13.1. The number of nitrogens with one attached hydrogen (secondary N) is 1. The Morgan fingerprint density at radius 3 is 2.58 bits per heavy atom. The van der Waals surface area contributed by atoms with Crippen LogP contribution in [0.5, 0.6) is 0 Å². The minimum atomic E-state index is -4.77. The average Bonchev–Trinajstić information content (AvgIpc) is 2.96. The third-order valence-corrected chi connectivity index (χ3v) is 5.24. The molecular weight excluding hydrogens is 387 g/mol. The van der Waals surface area contributed by atoms with Crippen LogP contribution in [0.1, 0.15) is 5.56 Å². The second kappa shape index (κ2) is 5.87. The van der Waals surface area contributed by atoms with Gasteiger partial charge < -0.3 is 0 Å². The molecule has 3 rings (SSSR count). The Kier molecular flexibility index (Phi) is 4.14. The molecule has 126 valence electrons. The standard InChI is InChI=1S/C13H7ClF3N3O2S2/c14-7-4-5-9(8(6-7)13(15,16)17)20-24(21,22)11-3-1-2-10-12(11)19-23-18-10/h1-6,20H. The van der Waals surface area contributed by atoms with E-state index in [-0.39, 0.29) is 15.4 Å². The van der Waals surface area contributed by atoms with Crippen LogP contribution in [0.3, 0.4) is 0 Å². The van der Waals surface area contributed by atoms with Gasteiger partial charge in [0.2, 0.25) is 0 Å². The van der Waals surface area contributed by atoms with E-state index in [2.05, 4.69) is 8.75 Å². The van der Waals surface area contributed by atoms with Gasteiger partial charge in [0.1, 0.15) is 15.9 Å². The van der Waals surface area contributed by atoms with Crippen molar-refractivity contribution in [3.8, 4) is 0 Å². The third-order valence-electron chi connectivity index (χ3n) is 3.07. The zero-order chi connectivity index (χ0) is 17.5. The number of aromatic nitrogens is 2. The van der Waals surface area contributed by atoms with Gasteiger partial charge in [-0.1, -0.05) is 17.7 Å². The minimum absolute atomic E-state index is 0.0949. The molecule has 0 amide bonds. The fourth-order valence-corrected chi connectivity index (χ4v) is 4.06. The summed E-state index contributed by atoms with van der Waals surface area (Å²) in [5.74, 6) is 0. The van der Waals surface area contributed by atoms with Crippen molar-refractivity contribution in [2.24, 2.45) is 0 Å². The van der Waals surface area contributed by atoms with Gasteiger partial charge in [0.25, 0.3) is 10.0 Å². The highest BCUT2D eigenvalue weighted by molar-refractivity contribution is 7.93. The van der Waals surface area contributed by atoms with E-state index in [0.717, 1.165) is 17.8 Å². The lowest BCUT2D eigenvalue weighted by molar-refractivity contribution is -0.136. The summed E-state index contributed by atoms with van der Waals surface area (Å²) < 4.78 is 74.0. The number of benzene rings is 2. The molecule has 1 N–H and O–H groups in total. The maximum atomic E-state index is 13.1. The van der Waals surface area contributed by atoms with E-state index in [4.69, 9.17) is 11.6 Å². The molecule has 0 spiro atoms. The summed E-state index contributed by atoms with van der Waals surface area (Å²) in [6.07, 6.45) is -4.77. The molecule has 2 aromatic carbocycles. The lowest BCUT2D eigenvalue weighted by Gasteiger charge is -2.15. The fourth-order valence-electron chi connectivity index (χ4n) is 2.04. The summed E-state index contributed by atoms with van der Waals surface area (Å²) in [5.41, 5.74) is -1.36. The van der Waals surface area contributed by atoms with Crippen LogP contribution in [0.2, 0.25) is 5.02 Å². The molecule has 11 heteroatoms. The number of halogens is 4. The van der Waals surface area contributed by atoms with Gasteiger partial charge in [-0.15, -0.1) is 0 Å². The van der Waals surface area contributed by atoms with Gasteiger partial charge in [-0.2, -0.15) is 21.9 Å². The van der Waals surface area contributed by atoms with Gasteiger partial charge in [0.15, 0.2) is 0 Å². The number of hydrogen-bond donors (Lipinski definition) is 1. The Bertz CT molecular complexity index is 1020. The van der Waals surface area contributed by atoms with Crippen molar-refractivity contribution in [3.05, 3.63) is 47.0 Å². The Balaban J connectivity index is 2.10. The number of nitrogens with zero attached hydrogens (tertiary/aromatic N) is 2. The molecule has 1 heterocycles. The summed E-state index contributed by atoms with van der Waals surface area (Å²) in [6.45, 7) is 0. The molecule has 1 aromatic heterocycles. The largest absolute Gasteiger partial charge is 0.418 e. The second-order valence-corrected chi connectivity index (χ2v) is 7.30. The molecule has 0 aliphatic carbocycles. The molecular formula is C13H7ClF3N3O2S2.